The topological polar surface area (TPSA) is 57.5 Å². The van der Waals surface area contributed by atoms with E-state index >= 15 is 0 Å². The van der Waals surface area contributed by atoms with Gasteiger partial charge in [-0.3, -0.25) is 4.79 Å². The Morgan fingerprint density at radius 3 is 2.21 bits per heavy atom. The number of aromatic hydroxyl groups is 1. The minimum absolute atomic E-state index is 0.0461. The van der Waals surface area contributed by atoms with Gasteiger partial charge >= 0.3 is 0 Å². The molecule has 0 radical (unpaired) electrons. The highest BCUT2D eigenvalue weighted by Gasteiger charge is 2.05. The van der Waals surface area contributed by atoms with E-state index in [1.165, 1.54) is 0 Å². The molecule has 0 heterocycles. The van der Waals surface area contributed by atoms with Crippen LogP contribution in [0.4, 0.5) is 0 Å². The molecule has 2 N–H and O–H groups in total. The molecule has 14 heavy (non-hydrogen) atoms. The van der Waals surface area contributed by atoms with Crippen LogP contribution in [0.1, 0.15) is 6.92 Å². The van der Waals surface area contributed by atoms with Gasteiger partial charge in [0, 0.05) is 10.5 Å². The van der Waals surface area contributed by atoms with Crippen molar-refractivity contribution in [1.82, 2.24) is 0 Å². The van der Waals surface area contributed by atoms with Crippen LogP contribution in [0.5, 0.6) is 5.75 Å². The molecule has 0 saturated heterocycles. The smallest absolute Gasteiger partial charge is 0.300 e. The predicted octanol–water partition coefficient (Wildman–Crippen LogP) is 3.39. The molecule has 0 unspecified atom stereocenters. The number of carboxylic acids is 1. The zero-order chi connectivity index (χ0) is 11.3. The zero-order valence-electron chi connectivity index (χ0n) is 7.09. The molecule has 6 heteroatoms. The van der Waals surface area contributed by atoms with Gasteiger partial charge in [-0.1, -0.05) is 23.2 Å². The quantitative estimate of drug-likeness (QED) is 0.558. The summed E-state index contributed by atoms with van der Waals surface area (Å²) in [6, 6.07) is 3.34. The fourth-order valence-electron chi connectivity index (χ4n) is 0.516. The maximum atomic E-state index is 9.12. The molecule has 0 aromatic heterocycles. The van der Waals surface area contributed by atoms with Gasteiger partial charge in [-0.2, -0.15) is 0 Å². The minimum atomic E-state index is -0.833. The van der Waals surface area contributed by atoms with Crippen molar-refractivity contribution in [3.05, 3.63) is 25.7 Å². The number of benzene rings is 1. The lowest BCUT2D eigenvalue weighted by atomic mass is 10.3. The maximum absolute atomic E-state index is 9.12. The van der Waals surface area contributed by atoms with E-state index in [1.807, 2.05) is 22.6 Å². The van der Waals surface area contributed by atoms with Crippen LogP contribution in [0.3, 0.4) is 0 Å². The maximum Gasteiger partial charge on any atom is 0.300 e. The summed E-state index contributed by atoms with van der Waals surface area (Å²) in [5.41, 5.74) is 0. The largest absolute Gasteiger partial charge is 0.505 e. The molecule has 0 aliphatic heterocycles. The van der Waals surface area contributed by atoms with Crippen molar-refractivity contribution < 1.29 is 15.0 Å². The van der Waals surface area contributed by atoms with E-state index in [0.717, 1.165) is 10.5 Å². The fraction of sp³-hybridized carbons (Fsp3) is 0.125. The molecule has 3 nitrogen and oxygen atoms in total. The highest BCUT2D eigenvalue weighted by molar-refractivity contribution is 14.1. The molecular formula is C8H7Cl2IO3. The Balaban J connectivity index is 0.000000364. The van der Waals surface area contributed by atoms with E-state index < -0.39 is 5.97 Å². The number of carboxylic acid groups (broad SMARTS) is 1. The number of hydrogen-bond acceptors (Lipinski definition) is 2. The minimum Gasteiger partial charge on any atom is -0.505 e. The van der Waals surface area contributed by atoms with Gasteiger partial charge in [0.25, 0.3) is 5.97 Å². The Morgan fingerprint density at radius 2 is 1.86 bits per heavy atom. The van der Waals surface area contributed by atoms with Crippen LogP contribution in [0.2, 0.25) is 10.0 Å². The molecule has 1 rings (SSSR count). The van der Waals surface area contributed by atoms with E-state index in [4.69, 9.17) is 38.2 Å². The average Bonchev–Trinajstić information content (AvgIpc) is 2.07. The van der Waals surface area contributed by atoms with Crippen LogP contribution in [-0.2, 0) is 4.79 Å². The first kappa shape index (κ1) is 13.8. The van der Waals surface area contributed by atoms with E-state index in [1.54, 1.807) is 12.1 Å². The Labute approximate surface area is 105 Å². The number of rotatable bonds is 0. The summed E-state index contributed by atoms with van der Waals surface area (Å²) in [4.78, 5) is 9.00. The first-order valence-electron chi connectivity index (χ1n) is 3.38. The van der Waals surface area contributed by atoms with E-state index in [-0.39, 0.29) is 10.8 Å². The van der Waals surface area contributed by atoms with Crippen molar-refractivity contribution in [2.45, 2.75) is 6.92 Å². The molecule has 0 aliphatic carbocycles. The molecule has 78 valence electrons. The Hall–Kier alpha value is -0.200. The molecule has 0 saturated carbocycles. The molecule has 0 fully saturated rings. The summed E-state index contributed by atoms with van der Waals surface area (Å²) in [5.74, 6) is -0.879. The third-order valence-electron chi connectivity index (χ3n) is 1.02. The normalized spacial score (nSPS) is 8.86. The lowest BCUT2D eigenvalue weighted by molar-refractivity contribution is -0.134. The van der Waals surface area contributed by atoms with Crippen LogP contribution in [0.15, 0.2) is 12.1 Å². The SMILES string of the molecule is CC(=O)O.Oc1c(Cl)ccc(I)c1Cl. The van der Waals surface area contributed by atoms with Crippen molar-refractivity contribution >= 4 is 51.8 Å². The Bertz CT molecular complexity index is 311. The second-order valence-electron chi connectivity index (χ2n) is 2.21. The number of halogens is 3. The molecule has 1 aromatic carbocycles. The van der Waals surface area contributed by atoms with Gasteiger partial charge in [0.2, 0.25) is 0 Å². The van der Waals surface area contributed by atoms with Gasteiger partial charge in [0.15, 0.2) is 5.75 Å². The number of phenols is 1. The molecule has 1 aromatic rings. The van der Waals surface area contributed by atoms with Crippen molar-refractivity contribution in [3.63, 3.8) is 0 Å². The standard InChI is InChI=1S/C6H3Cl2IO.C2H4O2/c7-3-1-2-4(9)5(8)6(3)10;1-2(3)4/h1-2,10H;1H3,(H,3,4). The zero-order valence-corrected chi connectivity index (χ0v) is 10.8. The summed E-state index contributed by atoms with van der Waals surface area (Å²) in [5, 5.41) is 17.1. The van der Waals surface area contributed by atoms with Crippen LogP contribution < -0.4 is 0 Å². The number of hydrogen-bond donors (Lipinski definition) is 2. The molecule has 0 bridgehead atoms. The van der Waals surface area contributed by atoms with Gasteiger partial charge in [0.05, 0.1) is 10.0 Å². The van der Waals surface area contributed by atoms with Gasteiger partial charge in [0.1, 0.15) is 0 Å². The summed E-state index contributed by atoms with van der Waals surface area (Å²) >= 11 is 13.2. The van der Waals surface area contributed by atoms with Crippen LogP contribution >= 0.6 is 45.8 Å². The summed E-state index contributed by atoms with van der Waals surface area (Å²) in [7, 11) is 0. The highest BCUT2D eigenvalue weighted by atomic mass is 127. The third kappa shape index (κ3) is 4.88. The number of phenolic OH excluding ortho intramolecular Hbond substituents is 1. The monoisotopic (exact) mass is 348 g/mol. The summed E-state index contributed by atoms with van der Waals surface area (Å²) in [6.07, 6.45) is 0. The van der Waals surface area contributed by atoms with Crippen LogP contribution in [0.25, 0.3) is 0 Å². The van der Waals surface area contributed by atoms with Crippen molar-refractivity contribution in [2.75, 3.05) is 0 Å². The van der Waals surface area contributed by atoms with Gasteiger partial charge in [-0.15, -0.1) is 0 Å². The highest BCUT2D eigenvalue weighted by Crippen LogP contribution is 2.34. The molecule has 0 aliphatic rings. The average molecular weight is 349 g/mol. The van der Waals surface area contributed by atoms with Crippen molar-refractivity contribution in [2.24, 2.45) is 0 Å². The first-order chi connectivity index (χ1) is 6.36. The Kier molecular flexibility index (Phi) is 6.22. The third-order valence-corrected chi connectivity index (χ3v) is 2.93. The van der Waals surface area contributed by atoms with Gasteiger partial charge in [-0.25, -0.2) is 0 Å². The molecule has 0 atom stereocenters. The van der Waals surface area contributed by atoms with E-state index in [9.17, 15) is 0 Å². The van der Waals surface area contributed by atoms with Crippen LogP contribution in [-0.4, -0.2) is 16.2 Å². The lowest BCUT2D eigenvalue weighted by Crippen LogP contribution is -1.78. The van der Waals surface area contributed by atoms with Gasteiger partial charge in [-0.05, 0) is 34.7 Å². The predicted molar refractivity (Wildman–Crippen MR) is 64.2 cm³/mol. The molecule has 0 spiro atoms. The molecular weight excluding hydrogens is 342 g/mol. The van der Waals surface area contributed by atoms with Gasteiger partial charge < -0.3 is 10.2 Å². The van der Waals surface area contributed by atoms with E-state index in [0.29, 0.717) is 5.02 Å². The summed E-state index contributed by atoms with van der Waals surface area (Å²) < 4.78 is 0.793. The first-order valence-corrected chi connectivity index (χ1v) is 5.21. The fourth-order valence-corrected chi connectivity index (χ4v) is 1.32. The second kappa shape index (κ2) is 6.31. The van der Waals surface area contributed by atoms with E-state index in [2.05, 4.69) is 0 Å². The number of carbonyl (C=O) groups is 1. The summed E-state index contributed by atoms with van der Waals surface area (Å²) in [6.45, 7) is 1.08. The van der Waals surface area contributed by atoms with Crippen molar-refractivity contribution in [1.29, 1.82) is 0 Å². The molecule has 0 amide bonds. The lowest BCUT2D eigenvalue weighted by Gasteiger charge is -1.99. The number of aliphatic carboxylic acids is 1. The second-order valence-corrected chi connectivity index (χ2v) is 4.16. The van der Waals surface area contributed by atoms with Crippen LogP contribution in [0, 0.1) is 3.57 Å². The van der Waals surface area contributed by atoms with Crippen molar-refractivity contribution in [3.8, 4) is 5.75 Å². The Morgan fingerprint density at radius 1 is 1.43 bits per heavy atom.